The third kappa shape index (κ3) is 2.93. The van der Waals surface area contributed by atoms with Crippen molar-refractivity contribution in [3.05, 3.63) is 30.3 Å². The number of hydrogen-bond acceptors (Lipinski definition) is 4. The van der Waals surface area contributed by atoms with Crippen molar-refractivity contribution in [3.63, 3.8) is 0 Å². The number of para-hydroxylation sites is 1. The van der Waals surface area contributed by atoms with Gasteiger partial charge in [-0.05, 0) is 25.0 Å². The number of nitrogens with zero attached hydrogens (tertiary/aromatic N) is 3. The summed E-state index contributed by atoms with van der Waals surface area (Å²) < 4.78 is 0. The molecule has 1 aromatic rings. The van der Waals surface area contributed by atoms with Gasteiger partial charge in [0.2, 0.25) is 0 Å². The Bertz CT molecular complexity index is 418. The average molecular weight is 245 g/mol. The highest BCUT2D eigenvalue weighted by atomic mass is 16.3. The minimum atomic E-state index is -0.683. The summed E-state index contributed by atoms with van der Waals surface area (Å²) in [5.74, 6) is 0. The van der Waals surface area contributed by atoms with Crippen molar-refractivity contribution < 1.29 is 5.11 Å². The largest absolute Gasteiger partial charge is 0.388 e. The first-order valence-corrected chi connectivity index (χ1v) is 6.26. The van der Waals surface area contributed by atoms with Gasteiger partial charge in [0.1, 0.15) is 0 Å². The van der Waals surface area contributed by atoms with Crippen LogP contribution in [0.2, 0.25) is 0 Å². The van der Waals surface area contributed by atoms with Gasteiger partial charge in [-0.3, -0.25) is 0 Å². The molecule has 0 bridgehead atoms. The number of nitriles is 1. The summed E-state index contributed by atoms with van der Waals surface area (Å²) in [6.07, 6.45) is 3.44. The first kappa shape index (κ1) is 12.7. The molecule has 0 aliphatic carbocycles. The predicted molar refractivity (Wildman–Crippen MR) is 71.1 cm³/mol. The number of anilines is 1. The molecule has 0 aromatic heterocycles. The molecule has 1 heterocycles. The lowest BCUT2D eigenvalue weighted by molar-refractivity contribution is -0.00226. The third-order valence-corrected chi connectivity index (χ3v) is 3.56. The minimum absolute atomic E-state index is 0.607. The fraction of sp³-hybridized carbons (Fsp3) is 0.500. The Kier molecular flexibility index (Phi) is 3.73. The van der Waals surface area contributed by atoms with Crippen molar-refractivity contribution in [2.75, 3.05) is 31.6 Å². The molecule has 1 aliphatic rings. The minimum Gasteiger partial charge on any atom is -0.388 e. The highest BCUT2D eigenvalue weighted by Gasteiger charge is 2.33. The van der Waals surface area contributed by atoms with Gasteiger partial charge in [0.15, 0.2) is 6.19 Å². The molecule has 0 saturated carbocycles. The van der Waals surface area contributed by atoms with Gasteiger partial charge in [-0.25, -0.2) is 0 Å². The SMILES string of the molecule is CN(CC1(O)CCN(C#N)CC1)c1ccccc1. The summed E-state index contributed by atoms with van der Waals surface area (Å²) in [5, 5.41) is 19.3. The molecule has 18 heavy (non-hydrogen) atoms. The second-order valence-electron chi connectivity index (χ2n) is 5.00. The fourth-order valence-electron chi connectivity index (χ4n) is 2.40. The zero-order valence-corrected chi connectivity index (χ0v) is 10.7. The Morgan fingerprint density at radius 3 is 2.50 bits per heavy atom. The molecule has 1 aromatic carbocycles. The van der Waals surface area contributed by atoms with Crippen LogP contribution in [-0.2, 0) is 0 Å². The standard InChI is InChI=1S/C14H19N3O/c1-16(13-5-3-2-4-6-13)11-14(18)7-9-17(12-15)10-8-14/h2-6,18H,7-11H2,1H3. The Labute approximate surface area is 108 Å². The molecule has 2 rings (SSSR count). The smallest absolute Gasteiger partial charge is 0.179 e. The van der Waals surface area contributed by atoms with Gasteiger partial charge in [0.25, 0.3) is 0 Å². The molecule has 0 spiro atoms. The average Bonchev–Trinajstić information content (AvgIpc) is 2.40. The molecular weight excluding hydrogens is 226 g/mol. The van der Waals surface area contributed by atoms with E-state index in [0.717, 1.165) is 5.69 Å². The number of benzene rings is 1. The van der Waals surface area contributed by atoms with Crippen molar-refractivity contribution >= 4 is 5.69 Å². The number of rotatable bonds is 3. The normalized spacial score (nSPS) is 18.2. The number of aliphatic hydroxyl groups is 1. The first-order chi connectivity index (χ1) is 8.63. The Balaban J connectivity index is 1.95. The van der Waals surface area contributed by atoms with Gasteiger partial charge in [0.05, 0.1) is 5.60 Å². The first-order valence-electron chi connectivity index (χ1n) is 6.26. The van der Waals surface area contributed by atoms with Gasteiger partial charge in [-0.15, -0.1) is 0 Å². The van der Waals surface area contributed by atoms with E-state index < -0.39 is 5.60 Å². The monoisotopic (exact) mass is 245 g/mol. The maximum Gasteiger partial charge on any atom is 0.179 e. The second kappa shape index (κ2) is 5.28. The second-order valence-corrected chi connectivity index (χ2v) is 5.00. The van der Waals surface area contributed by atoms with E-state index >= 15 is 0 Å². The predicted octanol–water partition coefficient (Wildman–Crippen LogP) is 1.43. The van der Waals surface area contributed by atoms with E-state index in [-0.39, 0.29) is 0 Å². The molecular formula is C14H19N3O. The van der Waals surface area contributed by atoms with E-state index in [1.54, 1.807) is 4.90 Å². The molecule has 0 radical (unpaired) electrons. The topological polar surface area (TPSA) is 50.5 Å². The Morgan fingerprint density at radius 1 is 1.33 bits per heavy atom. The van der Waals surface area contributed by atoms with E-state index in [1.807, 2.05) is 37.4 Å². The Morgan fingerprint density at radius 2 is 1.94 bits per heavy atom. The fourth-order valence-corrected chi connectivity index (χ4v) is 2.40. The van der Waals surface area contributed by atoms with Gasteiger partial charge in [-0.2, -0.15) is 5.26 Å². The highest BCUT2D eigenvalue weighted by Crippen LogP contribution is 2.24. The summed E-state index contributed by atoms with van der Waals surface area (Å²) in [6.45, 7) is 1.90. The van der Waals surface area contributed by atoms with Gasteiger partial charge < -0.3 is 14.9 Å². The van der Waals surface area contributed by atoms with Crippen LogP contribution in [0.25, 0.3) is 0 Å². The summed E-state index contributed by atoms with van der Waals surface area (Å²) in [5.41, 5.74) is 0.423. The van der Waals surface area contributed by atoms with Crippen LogP contribution >= 0.6 is 0 Å². The van der Waals surface area contributed by atoms with E-state index in [9.17, 15) is 5.11 Å². The van der Waals surface area contributed by atoms with E-state index in [4.69, 9.17) is 5.26 Å². The van der Waals surface area contributed by atoms with Crippen LogP contribution < -0.4 is 4.90 Å². The van der Waals surface area contributed by atoms with Crippen LogP contribution in [0.1, 0.15) is 12.8 Å². The molecule has 1 saturated heterocycles. The summed E-state index contributed by atoms with van der Waals surface area (Å²) in [4.78, 5) is 3.78. The van der Waals surface area contributed by atoms with Gasteiger partial charge >= 0.3 is 0 Å². The van der Waals surface area contributed by atoms with E-state index in [1.165, 1.54) is 0 Å². The quantitative estimate of drug-likeness (QED) is 0.818. The van der Waals surface area contributed by atoms with Crippen molar-refractivity contribution in [2.45, 2.75) is 18.4 Å². The lowest BCUT2D eigenvalue weighted by atomic mass is 9.91. The molecule has 1 N–H and O–H groups in total. The van der Waals surface area contributed by atoms with Crippen molar-refractivity contribution in [3.8, 4) is 6.19 Å². The van der Waals surface area contributed by atoms with Crippen LogP contribution in [0.15, 0.2) is 30.3 Å². The van der Waals surface area contributed by atoms with Crippen LogP contribution in [0.5, 0.6) is 0 Å². The molecule has 0 amide bonds. The van der Waals surface area contributed by atoms with Gasteiger partial charge in [0, 0.05) is 32.4 Å². The van der Waals surface area contributed by atoms with Crippen molar-refractivity contribution in [1.82, 2.24) is 4.90 Å². The number of likely N-dealkylation sites (tertiary alicyclic amines) is 1. The van der Waals surface area contributed by atoms with E-state index in [0.29, 0.717) is 32.5 Å². The zero-order chi connectivity index (χ0) is 13.0. The highest BCUT2D eigenvalue weighted by molar-refractivity contribution is 5.45. The maximum absolute atomic E-state index is 10.5. The molecule has 0 atom stereocenters. The lowest BCUT2D eigenvalue weighted by Gasteiger charge is -2.38. The van der Waals surface area contributed by atoms with Crippen LogP contribution in [-0.4, -0.2) is 42.3 Å². The Hall–Kier alpha value is -1.73. The molecule has 0 unspecified atom stereocenters. The number of hydrogen-bond donors (Lipinski definition) is 1. The van der Waals surface area contributed by atoms with Crippen molar-refractivity contribution in [1.29, 1.82) is 5.26 Å². The number of likely N-dealkylation sites (N-methyl/N-ethyl adjacent to an activating group) is 1. The molecule has 1 aliphatic heterocycles. The van der Waals surface area contributed by atoms with Crippen molar-refractivity contribution in [2.24, 2.45) is 0 Å². The summed E-state index contributed by atoms with van der Waals surface area (Å²) in [6, 6.07) is 10.0. The molecule has 1 fully saturated rings. The zero-order valence-electron chi connectivity index (χ0n) is 10.7. The maximum atomic E-state index is 10.5. The summed E-state index contributed by atoms with van der Waals surface area (Å²) in [7, 11) is 1.99. The number of piperidine rings is 1. The summed E-state index contributed by atoms with van der Waals surface area (Å²) >= 11 is 0. The van der Waals surface area contributed by atoms with Crippen LogP contribution in [0.3, 0.4) is 0 Å². The molecule has 4 nitrogen and oxygen atoms in total. The van der Waals surface area contributed by atoms with Crippen LogP contribution in [0, 0.1) is 11.5 Å². The lowest BCUT2D eigenvalue weighted by Crippen LogP contribution is -2.49. The third-order valence-electron chi connectivity index (χ3n) is 3.56. The van der Waals surface area contributed by atoms with Gasteiger partial charge in [-0.1, -0.05) is 18.2 Å². The molecule has 4 heteroatoms. The van der Waals surface area contributed by atoms with Crippen LogP contribution in [0.4, 0.5) is 5.69 Å². The molecule has 96 valence electrons. The van der Waals surface area contributed by atoms with E-state index in [2.05, 4.69) is 11.1 Å².